The van der Waals surface area contributed by atoms with Gasteiger partial charge in [0.1, 0.15) is 5.75 Å². The molecule has 0 aromatic heterocycles. The van der Waals surface area contributed by atoms with Gasteiger partial charge in [0, 0.05) is 33.4 Å². The number of benzene rings is 1. The zero-order valence-corrected chi connectivity index (χ0v) is 21.3. The monoisotopic (exact) mass is 546 g/mol. The zero-order valence-electron chi connectivity index (χ0n) is 19.0. The lowest BCUT2D eigenvalue weighted by Crippen LogP contribution is -2.44. The van der Waals surface area contributed by atoms with Crippen molar-refractivity contribution in [1.29, 1.82) is 0 Å². The highest BCUT2D eigenvalue weighted by molar-refractivity contribution is 14.0. The normalized spacial score (nSPS) is 20.7. The highest BCUT2D eigenvalue weighted by Crippen LogP contribution is 2.25. The summed E-state index contributed by atoms with van der Waals surface area (Å²) in [6, 6.07) is 8.78. The van der Waals surface area contributed by atoms with Crippen molar-refractivity contribution in [3.8, 4) is 5.75 Å². The van der Waals surface area contributed by atoms with E-state index in [9.17, 15) is 0 Å². The van der Waals surface area contributed by atoms with Crippen molar-refractivity contribution in [2.45, 2.75) is 44.2 Å². The number of nitrogens with zero attached hydrogens (tertiary/aromatic N) is 2. The minimum Gasteiger partial charge on any atom is -0.497 e. The summed E-state index contributed by atoms with van der Waals surface area (Å²) >= 11 is 0. The summed E-state index contributed by atoms with van der Waals surface area (Å²) in [5, 5.41) is 6.94. The summed E-state index contributed by atoms with van der Waals surface area (Å²) < 4.78 is 16.5. The van der Waals surface area contributed by atoms with Gasteiger partial charge in [-0.2, -0.15) is 0 Å². The van der Waals surface area contributed by atoms with Gasteiger partial charge in [-0.1, -0.05) is 18.6 Å². The molecule has 2 unspecified atom stereocenters. The van der Waals surface area contributed by atoms with Crippen LogP contribution in [0.5, 0.6) is 5.75 Å². The third-order valence-electron chi connectivity index (χ3n) is 5.87. The smallest absolute Gasteiger partial charge is 0.191 e. The molecule has 2 heterocycles. The molecule has 8 heteroatoms. The Morgan fingerprint density at radius 1 is 1.19 bits per heavy atom. The summed E-state index contributed by atoms with van der Waals surface area (Å²) in [5.41, 5.74) is 1.31. The largest absolute Gasteiger partial charge is 0.497 e. The van der Waals surface area contributed by atoms with Gasteiger partial charge in [0.15, 0.2) is 5.96 Å². The van der Waals surface area contributed by atoms with Crippen molar-refractivity contribution in [3.63, 3.8) is 0 Å². The topological polar surface area (TPSA) is 67.4 Å². The number of hydrogen-bond acceptors (Lipinski definition) is 5. The zero-order chi connectivity index (χ0) is 21.0. The Labute approximate surface area is 204 Å². The maximum absolute atomic E-state index is 5.83. The van der Waals surface area contributed by atoms with Crippen LogP contribution in [-0.2, 0) is 9.47 Å². The van der Waals surface area contributed by atoms with Crippen LogP contribution in [0.3, 0.4) is 0 Å². The molecule has 0 spiro atoms. The lowest BCUT2D eigenvalue weighted by molar-refractivity contribution is 0.0420. The van der Waals surface area contributed by atoms with Gasteiger partial charge < -0.3 is 24.8 Å². The van der Waals surface area contributed by atoms with E-state index in [2.05, 4.69) is 44.8 Å². The number of ether oxygens (including phenoxy) is 3. The van der Waals surface area contributed by atoms with Crippen LogP contribution in [-0.4, -0.2) is 77.1 Å². The van der Waals surface area contributed by atoms with E-state index < -0.39 is 0 Å². The van der Waals surface area contributed by atoms with Crippen molar-refractivity contribution in [2.75, 3.05) is 60.2 Å². The van der Waals surface area contributed by atoms with Crippen LogP contribution in [0.25, 0.3) is 0 Å². The van der Waals surface area contributed by atoms with E-state index in [-0.39, 0.29) is 30.1 Å². The van der Waals surface area contributed by atoms with Gasteiger partial charge in [0.25, 0.3) is 0 Å². The Morgan fingerprint density at radius 3 is 2.61 bits per heavy atom. The van der Waals surface area contributed by atoms with E-state index in [4.69, 9.17) is 14.2 Å². The van der Waals surface area contributed by atoms with E-state index in [0.717, 1.165) is 70.6 Å². The first-order valence-corrected chi connectivity index (χ1v) is 11.3. The first kappa shape index (κ1) is 26.2. The summed E-state index contributed by atoms with van der Waals surface area (Å²) in [7, 11) is 3.53. The molecule has 1 aromatic rings. The summed E-state index contributed by atoms with van der Waals surface area (Å²) in [5.74, 6) is 1.74. The molecule has 2 atom stereocenters. The van der Waals surface area contributed by atoms with E-state index in [1.54, 1.807) is 7.11 Å². The molecule has 0 saturated carbocycles. The van der Waals surface area contributed by atoms with Crippen LogP contribution < -0.4 is 15.4 Å². The number of guanidine groups is 1. The second kappa shape index (κ2) is 14.9. The van der Waals surface area contributed by atoms with E-state index in [0.29, 0.717) is 6.04 Å². The average Bonchev–Trinajstić information content (AvgIpc) is 3.32. The van der Waals surface area contributed by atoms with Gasteiger partial charge in [-0.15, -0.1) is 24.0 Å². The van der Waals surface area contributed by atoms with E-state index in [1.165, 1.54) is 24.8 Å². The molecule has 2 N–H and O–H groups in total. The van der Waals surface area contributed by atoms with Crippen molar-refractivity contribution < 1.29 is 14.2 Å². The fourth-order valence-corrected chi connectivity index (χ4v) is 4.10. The number of rotatable bonds is 10. The summed E-state index contributed by atoms with van der Waals surface area (Å²) in [6.45, 7) is 6.26. The first-order valence-electron chi connectivity index (χ1n) is 11.3. The average molecular weight is 546 g/mol. The van der Waals surface area contributed by atoms with Gasteiger partial charge >= 0.3 is 0 Å². The number of piperidine rings is 1. The molecule has 7 nitrogen and oxygen atoms in total. The van der Waals surface area contributed by atoms with Crippen LogP contribution in [0.1, 0.15) is 43.7 Å². The minimum absolute atomic E-state index is 0. The molecule has 31 heavy (non-hydrogen) atoms. The number of halogens is 1. The van der Waals surface area contributed by atoms with E-state index in [1.807, 2.05) is 7.05 Å². The standard InChI is InChI=1S/C23H38N4O3.HI/c1-24-23(25-12-6-15-30-21-11-16-29-18-21)26-17-22(27-13-4-3-5-14-27)19-7-9-20(28-2)10-8-19;/h7-10,21-22H,3-6,11-18H2,1-2H3,(H2,24,25,26);1H. The molecule has 3 rings (SSSR count). The number of likely N-dealkylation sites (tertiary alicyclic amines) is 1. The highest BCUT2D eigenvalue weighted by Gasteiger charge is 2.22. The molecule has 0 amide bonds. The van der Waals surface area contributed by atoms with Gasteiger partial charge in [-0.25, -0.2) is 0 Å². The van der Waals surface area contributed by atoms with Crippen LogP contribution in [0.2, 0.25) is 0 Å². The highest BCUT2D eigenvalue weighted by atomic mass is 127. The second-order valence-corrected chi connectivity index (χ2v) is 7.98. The molecule has 0 radical (unpaired) electrons. The fourth-order valence-electron chi connectivity index (χ4n) is 4.10. The van der Waals surface area contributed by atoms with Crippen molar-refractivity contribution in [2.24, 2.45) is 4.99 Å². The summed E-state index contributed by atoms with van der Waals surface area (Å²) in [4.78, 5) is 6.98. The molecule has 2 fully saturated rings. The molecule has 1 aromatic carbocycles. The predicted molar refractivity (Wildman–Crippen MR) is 136 cm³/mol. The number of nitrogens with one attached hydrogen (secondary N) is 2. The molecular formula is C23H39IN4O3. The Morgan fingerprint density at radius 2 is 1.97 bits per heavy atom. The third kappa shape index (κ3) is 8.75. The molecule has 0 bridgehead atoms. The Kier molecular flexibility index (Phi) is 12.5. The van der Waals surface area contributed by atoms with Crippen molar-refractivity contribution in [3.05, 3.63) is 29.8 Å². The van der Waals surface area contributed by atoms with Crippen LogP contribution >= 0.6 is 24.0 Å². The first-order chi connectivity index (χ1) is 14.8. The second-order valence-electron chi connectivity index (χ2n) is 7.98. The van der Waals surface area contributed by atoms with Gasteiger partial charge in [-0.3, -0.25) is 9.89 Å². The Bertz CT molecular complexity index is 632. The van der Waals surface area contributed by atoms with Crippen LogP contribution in [0, 0.1) is 0 Å². The Hall–Kier alpha value is -1.10. The molecule has 2 saturated heterocycles. The lowest BCUT2D eigenvalue weighted by Gasteiger charge is -2.35. The van der Waals surface area contributed by atoms with Crippen molar-refractivity contribution >= 4 is 29.9 Å². The maximum atomic E-state index is 5.83. The molecule has 2 aliphatic rings. The van der Waals surface area contributed by atoms with Crippen LogP contribution in [0.15, 0.2) is 29.3 Å². The van der Waals surface area contributed by atoms with Gasteiger partial charge in [-0.05, 0) is 56.5 Å². The molecule has 0 aliphatic carbocycles. The molecule has 2 aliphatic heterocycles. The number of methoxy groups -OCH3 is 1. The quantitative estimate of drug-likeness (QED) is 0.204. The molecular weight excluding hydrogens is 507 g/mol. The lowest BCUT2D eigenvalue weighted by atomic mass is 10.0. The number of hydrogen-bond donors (Lipinski definition) is 2. The minimum atomic E-state index is 0. The Balaban J connectivity index is 0.00000341. The predicted octanol–water partition coefficient (Wildman–Crippen LogP) is 3.20. The fraction of sp³-hybridized carbons (Fsp3) is 0.696. The third-order valence-corrected chi connectivity index (χ3v) is 5.87. The maximum Gasteiger partial charge on any atom is 0.191 e. The van der Waals surface area contributed by atoms with Crippen molar-refractivity contribution in [1.82, 2.24) is 15.5 Å². The van der Waals surface area contributed by atoms with E-state index >= 15 is 0 Å². The van der Waals surface area contributed by atoms with Crippen LogP contribution in [0.4, 0.5) is 0 Å². The number of aliphatic imine (C=N–C) groups is 1. The van der Waals surface area contributed by atoms with Gasteiger partial charge in [0.2, 0.25) is 0 Å². The van der Waals surface area contributed by atoms with Gasteiger partial charge in [0.05, 0.1) is 25.9 Å². The SMILES string of the molecule is CN=C(NCCCOC1CCOC1)NCC(c1ccc(OC)cc1)N1CCCCC1.I. The molecule has 176 valence electrons. The summed E-state index contributed by atoms with van der Waals surface area (Å²) in [6.07, 6.45) is 6.11.